The maximum atomic E-state index is 3.82. The van der Waals surface area contributed by atoms with Crippen LogP contribution in [0.1, 0.15) is 57.1 Å². The van der Waals surface area contributed by atoms with Crippen LogP contribution in [0.4, 0.5) is 0 Å². The Hall–Kier alpha value is -0.860. The molecule has 1 heterocycles. The van der Waals surface area contributed by atoms with Crippen molar-refractivity contribution in [1.29, 1.82) is 0 Å². The fraction of sp³-hybridized carbons (Fsp3) is 0.667. The van der Waals surface area contributed by atoms with E-state index < -0.39 is 0 Å². The molecule has 0 spiro atoms. The number of likely N-dealkylation sites (N-methyl/N-ethyl adjacent to an activating group) is 1. The molecule has 1 atom stereocenters. The van der Waals surface area contributed by atoms with Crippen molar-refractivity contribution in [2.45, 2.75) is 57.0 Å². The van der Waals surface area contributed by atoms with Gasteiger partial charge in [-0.2, -0.15) is 0 Å². The van der Waals surface area contributed by atoms with Crippen LogP contribution in [0.15, 0.2) is 30.3 Å². The molecule has 1 N–H and O–H groups in total. The van der Waals surface area contributed by atoms with Crippen LogP contribution in [-0.2, 0) is 0 Å². The number of nitrogens with zero attached hydrogens (tertiary/aromatic N) is 1. The van der Waals surface area contributed by atoms with E-state index in [0.29, 0.717) is 11.6 Å². The third kappa shape index (κ3) is 2.51. The largest absolute Gasteiger partial charge is 0.309 e. The Morgan fingerprint density at radius 2 is 1.70 bits per heavy atom. The van der Waals surface area contributed by atoms with E-state index in [2.05, 4.69) is 47.5 Å². The Morgan fingerprint density at radius 1 is 1.05 bits per heavy atom. The summed E-state index contributed by atoms with van der Waals surface area (Å²) in [7, 11) is 0. The monoisotopic (exact) mass is 272 g/mol. The van der Waals surface area contributed by atoms with E-state index in [0.717, 1.165) is 6.54 Å². The summed E-state index contributed by atoms with van der Waals surface area (Å²) in [5.74, 6) is 0. The van der Waals surface area contributed by atoms with Crippen molar-refractivity contribution in [1.82, 2.24) is 10.2 Å². The van der Waals surface area contributed by atoms with Crippen LogP contribution in [0.25, 0.3) is 0 Å². The summed E-state index contributed by atoms with van der Waals surface area (Å²) in [5, 5.41) is 3.82. The fourth-order valence-corrected chi connectivity index (χ4v) is 4.40. The molecule has 2 aliphatic rings. The lowest BCUT2D eigenvalue weighted by atomic mass is 9.82. The fourth-order valence-electron chi connectivity index (χ4n) is 4.40. The van der Waals surface area contributed by atoms with Crippen LogP contribution < -0.4 is 5.32 Å². The first-order valence-corrected chi connectivity index (χ1v) is 8.40. The van der Waals surface area contributed by atoms with E-state index >= 15 is 0 Å². The summed E-state index contributed by atoms with van der Waals surface area (Å²) < 4.78 is 0. The van der Waals surface area contributed by atoms with Gasteiger partial charge in [0.15, 0.2) is 0 Å². The Morgan fingerprint density at radius 3 is 2.30 bits per heavy atom. The maximum Gasteiger partial charge on any atom is 0.0507 e. The van der Waals surface area contributed by atoms with Gasteiger partial charge in [-0.1, -0.05) is 50.1 Å². The Balaban J connectivity index is 1.93. The molecule has 1 aromatic rings. The number of rotatable bonds is 5. The standard InChI is InChI=1S/C18H28N2/c1-2-19-17(16-10-4-3-5-11-16)18(12-6-7-13-18)20-14-8-9-15-20/h3-5,10-11,17,19H,2,6-9,12-15H2,1H3. The van der Waals surface area contributed by atoms with E-state index in [1.165, 1.54) is 57.2 Å². The average Bonchev–Trinajstić information content (AvgIpc) is 3.17. The van der Waals surface area contributed by atoms with Crippen LogP contribution in [0.2, 0.25) is 0 Å². The Bertz CT molecular complexity index is 403. The first-order valence-electron chi connectivity index (χ1n) is 8.40. The van der Waals surface area contributed by atoms with Crippen molar-refractivity contribution in [3.8, 4) is 0 Å². The molecular formula is C18H28N2. The van der Waals surface area contributed by atoms with Gasteiger partial charge in [-0.15, -0.1) is 0 Å². The maximum absolute atomic E-state index is 3.82. The van der Waals surface area contributed by atoms with Gasteiger partial charge in [-0.25, -0.2) is 0 Å². The van der Waals surface area contributed by atoms with Gasteiger partial charge in [0.05, 0.1) is 6.04 Å². The molecule has 20 heavy (non-hydrogen) atoms. The molecule has 1 saturated heterocycles. The van der Waals surface area contributed by atoms with Crippen LogP contribution in [0, 0.1) is 0 Å². The molecule has 2 nitrogen and oxygen atoms in total. The van der Waals surface area contributed by atoms with E-state index in [4.69, 9.17) is 0 Å². The van der Waals surface area contributed by atoms with Gasteiger partial charge in [-0.05, 0) is 50.9 Å². The number of hydrogen-bond donors (Lipinski definition) is 1. The summed E-state index contributed by atoms with van der Waals surface area (Å²) in [6.07, 6.45) is 8.28. The molecule has 0 radical (unpaired) electrons. The van der Waals surface area contributed by atoms with Crippen molar-refractivity contribution in [3.63, 3.8) is 0 Å². The lowest BCUT2D eigenvalue weighted by molar-refractivity contribution is 0.0771. The molecular weight excluding hydrogens is 244 g/mol. The van der Waals surface area contributed by atoms with Gasteiger partial charge in [0.1, 0.15) is 0 Å². The summed E-state index contributed by atoms with van der Waals surface area (Å²) in [5.41, 5.74) is 1.84. The molecule has 1 aliphatic carbocycles. The van der Waals surface area contributed by atoms with Gasteiger partial charge in [0.2, 0.25) is 0 Å². The number of hydrogen-bond acceptors (Lipinski definition) is 2. The van der Waals surface area contributed by atoms with Crippen molar-refractivity contribution in [2.75, 3.05) is 19.6 Å². The lowest BCUT2D eigenvalue weighted by Gasteiger charge is -2.45. The Kier molecular flexibility index (Phi) is 4.42. The number of nitrogens with one attached hydrogen (secondary N) is 1. The Labute approximate surface area is 123 Å². The zero-order valence-corrected chi connectivity index (χ0v) is 12.8. The second-order valence-corrected chi connectivity index (χ2v) is 6.41. The van der Waals surface area contributed by atoms with Gasteiger partial charge in [-0.3, -0.25) is 4.90 Å². The molecule has 2 heteroatoms. The van der Waals surface area contributed by atoms with Crippen LogP contribution >= 0.6 is 0 Å². The highest BCUT2D eigenvalue weighted by atomic mass is 15.2. The predicted molar refractivity (Wildman–Crippen MR) is 84.9 cm³/mol. The quantitative estimate of drug-likeness (QED) is 0.878. The molecule has 1 aromatic carbocycles. The SMILES string of the molecule is CCNC(c1ccccc1)C1(N2CCCC2)CCCC1. The highest BCUT2D eigenvalue weighted by Crippen LogP contribution is 2.45. The minimum absolute atomic E-state index is 0.369. The molecule has 1 unspecified atom stereocenters. The van der Waals surface area contributed by atoms with E-state index in [-0.39, 0.29) is 0 Å². The first kappa shape index (κ1) is 14.1. The van der Waals surface area contributed by atoms with Gasteiger partial charge in [0.25, 0.3) is 0 Å². The second kappa shape index (κ2) is 6.28. The van der Waals surface area contributed by atoms with Crippen molar-refractivity contribution >= 4 is 0 Å². The highest BCUT2D eigenvalue weighted by Gasteiger charge is 2.46. The predicted octanol–water partition coefficient (Wildman–Crippen LogP) is 3.75. The normalized spacial score (nSPS) is 24.1. The second-order valence-electron chi connectivity index (χ2n) is 6.41. The lowest BCUT2D eigenvalue weighted by Crippen LogP contribution is -2.54. The van der Waals surface area contributed by atoms with E-state index in [1.807, 2.05) is 0 Å². The van der Waals surface area contributed by atoms with E-state index in [9.17, 15) is 0 Å². The number of benzene rings is 1. The minimum Gasteiger partial charge on any atom is -0.309 e. The zero-order valence-electron chi connectivity index (χ0n) is 12.8. The van der Waals surface area contributed by atoms with Gasteiger partial charge >= 0.3 is 0 Å². The summed E-state index contributed by atoms with van der Waals surface area (Å²) in [6.45, 7) is 5.89. The smallest absolute Gasteiger partial charge is 0.0507 e. The highest BCUT2D eigenvalue weighted by molar-refractivity contribution is 5.25. The molecule has 1 saturated carbocycles. The molecule has 2 fully saturated rings. The van der Waals surface area contributed by atoms with Crippen molar-refractivity contribution < 1.29 is 0 Å². The van der Waals surface area contributed by atoms with Crippen LogP contribution in [0.5, 0.6) is 0 Å². The average molecular weight is 272 g/mol. The third-order valence-electron chi connectivity index (χ3n) is 5.28. The summed E-state index contributed by atoms with van der Waals surface area (Å²) in [6, 6.07) is 11.6. The molecule has 1 aliphatic heterocycles. The third-order valence-corrected chi connectivity index (χ3v) is 5.28. The molecule has 0 amide bonds. The zero-order chi connectivity index (χ0) is 13.8. The topological polar surface area (TPSA) is 15.3 Å². The summed E-state index contributed by atoms with van der Waals surface area (Å²) >= 11 is 0. The van der Waals surface area contributed by atoms with Gasteiger partial charge in [0, 0.05) is 5.54 Å². The molecule has 110 valence electrons. The number of likely N-dealkylation sites (tertiary alicyclic amines) is 1. The minimum atomic E-state index is 0.369. The molecule has 0 bridgehead atoms. The van der Waals surface area contributed by atoms with Gasteiger partial charge < -0.3 is 5.32 Å². The molecule has 0 aromatic heterocycles. The van der Waals surface area contributed by atoms with E-state index in [1.54, 1.807) is 0 Å². The van der Waals surface area contributed by atoms with Crippen molar-refractivity contribution in [3.05, 3.63) is 35.9 Å². The van der Waals surface area contributed by atoms with Crippen LogP contribution in [-0.4, -0.2) is 30.1 Å². The van der Waals surface area contributed by atoms with Crippen molar-refractivity contribution in [2.24, 2.45) is 0 Å². The van der Waals surface area contributed by atoms with Crippen LogP contribution in [0.3, 0.4) is 0 Å². The molecule has 3 rings (SSSR count). The first-order chi connectivity index (χ1) is 9.87. The summed E-state index contributed by atoms with van der Waals surface area (Å²) in [4.78, 5) is 2.81.